The Kier molecular flexibility index (Phi) is 3.78. The lowest BCUT2D eigenvalue weighted by molar-refractivity contribution is -0.134. The molecule has 1 saturated carbocycles. The summed E-state index contributed by atoms with van der Waals surface area (Å²) < 4.78 is 6.32. The van der Waals surface area contributed by atoms with Crippen molar-refractivity contribution in [2.24, 2.45) is 0 Å². The molecule has 1 saturated heterocycles. The van der Waals surface area contributed by atoms with Gasteiger partial charge in [-0.05, 0) is 44.8 Å². The third kappa shape index (κ3) is 2.88. The van der Waals surface area contributed by atoms with Gasteiger partial charge >= 0.3 is 6.03 Å². The molecule has 1 aliphatic heterocycles. The monoisotopic (exact) mass is 312 g/mol. The first-order valence-electron chi connectivity index (χ1n) is 7.69. The molecule has 3 amide bonds. The van der Waals surface area contributed by atoms with E-state index in [9.17, 15) is 9.59 Å². The van der Waals surface area contributed by atoms with Gasteiger partial charge in [-0.1, -0.05) is 20.8 Å². The van der Waals surface area contributed by atoms with Crippen molar-refractivity contribution in [2.45, 2.75) is 83.3 Å². The third-order valence-electron chi connectivity index (χ3n) is 5.09. The molecule has 1 N–H and O–H groups in total. The van der Waals surface area contributed by atoms with E-state index in [0.717, 1.165) is 12.8 Å². The largest absolute Gasteiger partial charge is 0.414 e. The molecule has 21 heavy (non-hydrogen) atoms. The second-order valence-corrected chi connectivity index (χ2v) is 13.1. The number of nitrogens with one attached hydrogen (secondary N) is 1. The summed E-state index contributed by atoms with van der Waals surface area (Å²) in [7, 11) is -1.77. The highest BCUT2D eigenvalue weighted by Gasteiger charge is 2.51. The fourth-order valence-electron chi connectivity index (χ4n) is 2.54. The number of imide groups is 1. The molecule has 0 bridgehead atoms. The maximum Gasteiger partial charge on any atom is 0.325 e. The highest BCUT2D eigenvalue weighted by Crippen LogP contribution is 2.41. The van der Waals surface area contributed by atoms with Gasteiger partial charge in [-0.3, -0.25) is 9.69 Å². The summed E-state index contributed by atoms with van der Waals surface area (Å²) in [5.74, 6) is -0.122. The molecule has 5 nitrogen and oxygen atoms in total. The van der Waals surface area contributed by atoms with Gasteiger partial charge in [-0.2, -0.15) is 0 Å². The minimum absolute atomic E-state index is 0.00552. The molecule has 2 fully saturated rings. The Balaban J connectivity index is 1.93. The molecule has 120 valence electrons. The smallest absolute Gasteiger partial charge is 0.325 e. The van der Waals surface area contributed by atoms with Crippen molar-refractivity contribution in [1.29, 1.82) is 0 Å². The van der Waals surface area contributed by atoms with Crippen molar-refractivity contribution in [3.63, 3.8) is 0 Å². The number of rotatable bonds is 3. The van der Waals surface area contributed by atoms with Crippen LogP contribution < -0.4 is 5.32 Å². The second-order valence-electron chi connectivity index (χ2n) is 8.36. The Labute approximate surface area is 128 Å². The first-order chi connectivity index (χ1) is 9.35. The topological polar surface area (TPSA) is 58.6 Å². The molecule has 0 unspecified atom stereocenters. The van der Waals surface area contributed by atoms with Crippen LogP contribution in [0.25, 0.3) is 0 Å². The zero-order valence-corrected chi connectivity index (χ0v) is 15.2. The van der Waals surface area contributed by atoms with Gasteiger partial charge in [-0.25, -0.2) is 4.79 Å². The summed E-state index contributed by atoms with van der Waals surface area (Å²) in [5.41, 5.74) is -0.775. The first-order valence-corrected chi connectivity index (χ1v) is 10.6. The highest BCUT2D eigenvalue weighted by molar-refractivity contribution is 6.74. The molecule has 1 aliphatic carbocycles. The maximum atomic E-state index is 12.2. The summed E-state index contributed by atoms with van der Waals surface area (Å²) in [4.78, 5) is 25.6. The summed E-state index contributed by atoms with van der Waals surface area (Å²) in [6.07, 6.45) is 1.71. The molecule has 2 aliphatic rings. The van der Waals surface area contributed by atoms with Crippen LogP contribution in [-0.2, 0) is 9.22 Å². The van der Waals surface area contributed by atoms with Crippen molar-refractivity contribution in [3.05, 3.63) is 0 Å². The van der Waals surface area contributed by atoms with E-state index in [1.54, 1.807) is 13.8 Å². The summed E-state index contributed by atoms with van der Waals surface area (Å²) >= 11 is 0. The second kappa shape index (κ2) is 4.81. The van der Waals surface area contributed by atoms with Crippen LogP contribution >= 0.6 is 0 Å². The van der Waals surface area contributed by atoms with Crippen molar-refractivity contribution >= 4 is 20.3 Å². The van der Waals surface area contributed by atoms with E-state index in [1.807, 2.05) is 0 Å². The van der Waals surface area contributed by atoms with Gasteiger partial charge in [0, 0.05) is 12.1 Å². The minimum atomic E-state index is -1.77. The van der Waals surface area contributed by atoms with E-state index in [-0.39, 0.29) is 29.1 Å². The molecule has 0 atom stereocenters. The maximum absolute atomic E-state index is 12.2. The molecule has 2 rings (SSSR count). The fourth-order valence-corrected chi connectivity index (χ4v) is 3.92. The minimum Gasteiger partial charge on any atom is -0.414 e. The van der Waals surface area contributed by atoms with Crippen LogP contribution in [0.15, 0.2) is 0 Å². The van der Waals surface area contributed by atoms with Crippen molar-refractivity contribution < 1.29 is 14.0 Å². The van der Waals surface area contributed by atoms with Crippen LogP contribution in [0.2, 0.25) is 18.1 Å². The number of nitrogens with zero attached hydrogens (tertiary/aromatic N) is 1. The number of amides is 3. The van der Waals surface area contributed by atoms with Crippen molar-refractivity contribution in [1.82, 2.24) is 10.2 Å². The van der Waals surface area contributed by atoms with Crippen LogP contribution in [-0.4, -0.2) is 42.8 Å². The van der Waals surface area contributed by atoms with Gasteiger partial charge in [0.25, 0.3) is 5.91 Å². The van der Waals surface area contributed by atoms with E-state index < -0.39 is 13.9 Å². The lowest BCUT2D eigenvalue weighted by Crippen LogP contribution is -2.55. The standard InChI is InChI=1S/C15H28N2O3Si/c1-14(2,3)21(6,7)20-11-8-10(9-11)17-12(18)15(4,5)16-13(17)19/h10-11H,8-9H2,1-7H3,(H,16,19). The fraction of sp³-hybridized carbons (Fsp3) is 0.867. The van der Waals surface area contributed by atoms with Crippen LogP contribution in [0.4, 0.5) is 4.79 Å². The van der Waals surface area contributed by atoms with Gasteiger partial charge in [0.15, 0.2) is 8.32 Å². The van der Waals surface area contributed by atoms with E-state index in [4.69, 9.17) is 4.43 Å². The molecule has 1 heterocycles. The molecule has 0 spiro atoms. The Morgan fingerprint density at radius 3 is 2.14 bits per heavy atom. The Morgan fingerprint density at radius 2 is 1.76 bits per heavy atom. The van der Waals surface area contributed by atoms with E-state index in [2.05, 4.69) is 39.2 Å². The highest BCUT2D eigenvalue weighted by atomic mass is 28.4. The first kappa shape index (κ1) is 16.5. The van der Waals surface area contributed by atoms with Gasteiger partial charge in [0.1, 0.15) is 5.54 Å². The average Bonchev–Trinajstić information content (AvgIpc) is 2.41. The number of hydrogen-bond donors (Lipinski definition) is 1. The van der Waals surface area contributed by atoms with Gasteiger partial charge < -0.3 is 9.74 Å². The van der Waals surface area contributed by atoms with Gasteiger partial charge in [0.2, 0.25) is 0 Å². The molecule has 0 aromatic heterocycles. The van der Waals surface area contributed by atoms with Gasteiger partial charge in [0.05, 0.1) is 0 Å². The van der Waals surface area contributed by atoms with Crippen LogP contribution in [0.3, 0.4) is 0 Å². The van der Waals surface area contributed by atoms with E-state index in [0.29, 0.717) is 0 Å². The predicted molar refractivity (Wildman–Crippen MR) is 84.5 cm³/mol. The molecular formula is C15H28N2O3Si. The predicted octanol–water partition coefficient (Wildman–Crippen LogP) is 2.87. The van der Waals surface area contributed by atoms with Crippen LogP contribution in [0.5, 0.6) is 0 Å². The SMILES string of the molecule is CC1(C)NC(=O)N(C2CC(O[Si](C)(C)C(C)(C)C)C2)C1=O. The average molecular weight is 312 g/mol. The summed E-state index contributed by atoms with van der Waals surface area (Å²) in [6, 6.07) is -0.269. The van der Waals surface area contributed by atoms with Crippen LogP contribution in [0, 0.1) is 0 Å². The molecule has 0 radical (unpaired) electrons. The normalized spacial score (nSPS) is 29.4. The molecule has 0 aromatic rings. The van der Waals surface area contributed by atoms with Gasteiger partial charge in [-0.15, -0.1) is 0 Å². The summed E-state index contributed by atoms with van der Waals surface area (Å²) in [6.45, 7) is 14.6. The summed E-state index contributed by atoms with van der Waals surface area (Å²) in [5, 5.41) is 2.92. The van der Waals surface area contributed by atoms with Crippen molar-refractivity contribution in [3.8, 4) is 0 Å². The van der Waals surface area contributed by atoms with E-state index in [1.165, 1.54) is 4.90 Å². The Morgan fingerprint density at radius 1 is 1.24 bits per heavy atom. The molecule has 6 heteroatoms. The molecule has 0 aromatic carbocycles. The lowest BCUT2D eigenvalue weighted by Gasteiger charge is -2.46. The van der Waals surface area contributed by atoms with E-state index >= 15 is 0 Å². The quantitative estimate of drug-likeness (QED) is 0.644. The Bertz CT molecular complexity index is 462. The number of hydrogen-bond acceptors (Lipinski definition) is 3. The number of carbonyl (C=O) groups is 2. The number of carbonyl (C=O) groups excluding carboxylic acids is 2. The zero-order chi connectivity index (χ0) is 16.2. The number of urea groups is 1. The van der Waals surface area contributed by atoms with Crippen LogP contribution in [0.1, 0.15) is 47.5 Å². The third-order valence-corrected chi connectivity index (χ3v) is 9.63. The lowest BCUT2D eigenvalue weighted by atomic mass is 9.88. The Hall–Kier alpha value is -0.883. The molecular weight excluding hydrogens is 284 g/mol. The zero-order valence-electron chi connectivity index (χ0n) is 14.2. The van der Waals surface area contributed by atoms with Crippen molar-refractivity contribution in [2.75, 3.05) is 0 Å².